The van der Waals surface area contributed by atoms with Crippen LogP contribution >= 0.6 is 0 Å². The molecule has 0 bridgehead atoms. The van der Waals surface area contributed by atoms with Crippen molar-refractivity contribution in [2.75, 3.05) is 0 Å². The highest BCUT2D eigenvalue weighted by molar-refractivity contribution is 5.20. The van der Waals surface area contributed by atoms with Gasteiger partial charge < -0.3 is 0 Å². The predicted molar refractivity (Wildman–Crippen MR) is 85.7 cm³/mol. The number of aryl methyl sites for hydroxylation is 2. The number of hydrogen-bond acceptors (Lipinski definition) is 0. The fourth-order valence-corrected chi connectivity index (χ4v) is 3.02. The van der Waals surface area contributed by atoms with E-state index >= 15 is 0 Å². The topological polar surface area (TPSA) is 0 Å². The largest absolute Gasteiger partial charge is 0.0871 e. The molecule has 0 nitrogen and oxygen atoms in total. The summed E-state index contributed by atoms with van der Waals surface area (Å²) in [5.74, 6) is 0. The average molecular weight is 262 g/mol. The molecule has 0 fully saturated rings. The van der Waals surface area contributed by atoms with Gasteiger partial charge in [0, 0.05) is 0 Å². The highest BCUT2D eigenvalue weighted by Crippen LogP contribution is 2.42. The highest BCUT2D eigenvalue weighted by Gasteiger charge is 2.30. The number of rotatable bonds is 6. The fraction of sp³-hybridized carbons (Fsp3) is 0.300. The first-order chi connectivity index (χ1) is 9.86. The second kappa shape index (κ2) is 6.09. The van der Waals surface area contributed by atoms with Crippen molar-refractivity contribution in [2.24, 2.45) is 5.41 Å². The molecule has 2 aromatic rings. The summed E-state index contributed by atoms with van der Waals surface area (Å²) >= 11 is 0. The fourth-order valence-electron chi connectivity index (χ4n) is 3.02. The van der Waals surface area contributed by atoms with Crippen LogP contribution in [0.4, 0.5) is 0 Å². The average Bonchev–Trinajstić information content (AvgIpc) is 2.48. The van der Waals surface area contributed by atoms with E-state index in [-0.39, 0.29) is 0 Å². The van der Waals surface area contributed by atoms with Crippen molar-refractivity contribution in [3.05, 3.63) is 83.9 Å². The maximum Gasteiger partial charge on any atom is -0.00775 e. The van der Waals surface area contributed by atoms with Gasteiger partial charge in [0.2, 0.25) is 0 Å². The molecular formula is C20H22. The summed E-state index contributed by atoms with van der Waals surface area (Å²) in [6.07, 6.45) is 11.0. The summed E-state index contributed by atoms with van der Waals surface area (Å²) < 4.78 is 0. The van der Waals surface area contributed by atoms with Gasteiger partial charge in [-0.05, 0) is 48.6 Å². The number of allylic oxidation sites excluding steroid dienone is 2. The van der Waals surface area contributed by atoms with Gasteiger partial charge in [-0.3, -0.25) is 0 Å². The van der Waals surface area contributed by atoms with Crippen LogP contribution in [-0.2, 0) is 12.8 Å². The summed E-state index contributed by atoms with van der Waals surface area (Å²) in [5.41, 5.74) is 3.38. The molecule has 0 spiro atoms. The van der Waals surface area contributed by atoms with E-state index in [1.165, 1.54) is 43.2 Å². The Balaban J connectivity index is 1.57. The molecule has 0 aromatic heterocycles. The van der Waals surface area contributed by atoms with Crippen LogP contribution in [0.15, 0.2) is 72.8 Å². The van der Waals surface area contributed by atoms with Crippen molar-refractivity contribution in [3.63, 3.8) is 0 Å². The lowest BCUT2D eigenvalue weighted by Gasteiger charge is -2.36. The first kappa shape index (κ1) is 13.2. The second-order valence-corrected chi connectivity index (χ2v) is 5.94. The van der Waals surface area contributed by atoms with E-state index in [9.17, 15) is 0 Å². The van der Waals surface area contributed by atoms with Crippen LogP contribution in [0, 0.1) is 5.41 Å². The van der Waals surface area contributed by atoms with Crippen molar-refractivity contribution in [1.82, 2.24) is 0 Å². The van der Waals surface area contributed by atoms with Crippen molar-refractivity contribution < 1.29 is 0 Å². The predicted octanol–water partition coefficient (Wildman–Crippen LogP) is 5.20. The quantitative estimate of drug-likeness (QED) is 0.628. The summed E-state index contributed by atoms with van der Waals surface area (Å²) in [6.45, 7) is 0. The lowest BCUT2D eigenvalue weighted by molar-refractivity contribution is 0.295. The Hall–Kier alpha value is -1.82. The SMILES string of the molecule is C1=CC(CCc2ccccc2)(CCc2ccccc2)C1. The molecule has 0 unspecified atom stereocenters. The second-order valence-electron chi connectivity index (χ2n) is 5.94. The Labute approximate surface area is 122 Å². The van der Waals surface area contributed by atoms with Gasteiger partial charge in [0.25, 0.3) is 0 Å². The van der Waals surface area contributed by atoms with Crippen molar-refractivity contribution in [3.8, 4) is 0 Å². The third-order valence-corrected chi connectivity index (χ3v) is 4.50. The molecule has 0 saturated carbocycles. The number of benzene rings is 2. The van der Waals surface area contributed by atoms with Gasteiger partial charge in [0.15, 0.2) is 0 Å². The third-order valence-electron chi connectivity index (χ3n) is 4.50. The smallest absolute Gasteiger partial charge is 0.00775 e. The molecule has 0 radical (unpaired) electrons. The summed E-state index contributed by atoms with van der Waals surface area (Å²) in [4.78, 5) is 0. The monoisotopic (exact) mass is 262 g/mol. The van der Waals surface area contributed by atoms with Crippen molar-refractivity contribution >= 4 is 0 Å². The molecule has 0 aliphatic heterocycles. The highest BCUT2D eigenvalue weighted by atomic mass is 14.3. The van der Waals surface area contributed by atoms with Crippen LogP contribution in [0.1, 0.15) is 30.4 Å². The maximum atomic E-state index is 2.44. The van der Waals surface area contributed by atoms with Crippen molar-refractivity contribution in [2.45, 2.75) is 32.1 Å². The minimum atomic E-state index is 0.450. The summed E-state index contributed by atoms with van der Waals surface area (Å²) in [7, 11) is 0. The zero-order chi connectivity index (χ0) is 13.7. The summed E-state index contributed by atoms with van der Waals surface area (Å²) in [5, 5.41) is 0. The summed E-state index contributed by atoms with van der Waals surface area (Å²) in [6, 6.07) is 21.7. The molecule has 2 aromatic carbocycles. The van der Waals surface area contributed by atoms with E-state index in [2.05, 4.69) is 72.8 Å². The molecule has 0 saturated heterocycles. The van der Waals surface area contributed by atoms with Gasteiger partial charge in [-0.1, -0.05) is 72.8 Å². The Bertz CT molecular complexity index is 508. The van der Waals surface area contributed by atoms with Crippen molar-refractivity contribution in [1.29, 1.82) is 0 Å². The van der Waals surface area contributed by atoms with Crippen LogP contribution in [0.5, 0.6) is 0 Å². The lowest BCUT2D eigenvalue weighted by atomic mass is 9.69. The van der Waals surface area contributed by atoms with Crippen LogP contribution < -0.4 is 0 Å². The minimum absolute atomic E-state index is 0.450. The molecule has 1 aliphatic rings. The van der Waals surface area contributed by atoms with Gasteiger partial charge in [-0.25, -0.2) is 0 Å². The van der Waals surface area contributed by atoms with Gasteiger partial charge >= 0.3 is 0 Å². The first-order valence-corrected chi connectivity index (χ1v) is 7.62. The molecule has 0 heteroatoms. The van der Waals surface area contributed by atoms with E-state index < -0.39 is 0 Å². The minimum Gasteiger partial charge on any atom is -0.0871 e. The Kier molecular flexibility index (Phi) is 4.01. The number of hydrogen-bond donors (Lipinski definition) is 0. The molecule has 0 atom stereocenters. The Morgan fingerprint density at radius 3 is 1.50 bits per heavy atom. The Morgan fingerprint density at radius 2 is 1.15 bits per heavy atom. The van der Waals surface area contributed by atoms with Gasteiger partial charge in [0.1, 0.15) is 0 Å². The van der Waals surface area contributed by atoms with Gasteiger partial charge in [-0.15, -0.1) is 0 Å². The van der Waals surface area contributed by atoms with Crippen LogP contribution in [0.25, 0.3) is 0 Å². The molecule has 102 valence electrons. The molecule has 0 N–H and O–H groups in total. The third kappa shape index (κ3) is 3.19. The van der Waals surface area contributed by atoms with E-state index in [1.54, 1.807) is 0 Å². The maximum absolute atomic E-state index is 2.44. The van der Waals surface area contributed by atoms with Crippen LogP contribution in [0.2, 0.25) is 0 Å². The molecule has 20 heavy (non-hydrogen) atoms. The van der Waals surface area contributed by atoms with E-state index in [1.807, 2.05) is 0 Å². The van der Waals surface area contributed by atoms with E-state index in [0.717, 1.165) is 0 Å². The zero-order valence-electron chi connectivity index (χ0n) is 12.0. The molecular weight excluding hydrogens is 240 g/mol. The van der Waals surface area contributed by atoms with E-state index in [4.69, 9.17) is 0 Å². The lowest BCUT2D eigenvalue weighted by Crippen LogP contribution is -2.25. The van der Waals surface area contributed by atoms with Crippen LogP contribution in [0.3, 0.4) is 0 Å². The molecule has 1 aliphatic carbocycles. The zero-order valence-corrected chi connectivity index (χ0v) is 12.0. The van der Waals surface area contributed by atoms with Gasteiger partial charge in [0.05, 0.1) is 0 Å². The molecule has 0 heterocycles. The standard InChI is InChI=1S/C20H22/c1-3-8-18(9-4-1)12-16-20(14-7-15-20)17-13-19-10-5-2-6-11-19/h1-11,14H,12-13,15-17H2. The van der Waals surface area contributed by atoms with Crippen LogP contribution in [-0.4, -0.2) is 0 Å². The molecule has 3 rings (SSSR count). The normalized spacial score (nSPS) is 15.8. The van der Waals surface area contributed by atoms with E-state index in [0.29, 0.717) is 5.41 Å². The first-order valence-electron chi connectivity index (χ1n) is 7.62. The Morgan fingerprint density at radius 1 is 0.700 bits per heavy atom. The molecule has 0 amide bonds. The van der Waals surface area contributed by atoms with Gasteiger partial charge in [-0.2, -0.15) is 0 Å².